The Labute approximate surface area is 140 Å². The second-order valence-electron chi connectivity index (χ2n) is 5.35. The van der Waals surface area contributed by atoms with Crippen molar-refractivity contribution in [3.8, 4) is 5.75 Å². The number of carbonyl (C=O) groups is 1. The van der Waals surface area contributed by atoms with Gasteiger partial charge in [-0.3, -0.25) is 4.79 Å². The SMILES string of the molecule is COc1cc(Cl)c(C)cc1Nc1ncc(C(=O)NC(C)C)cn1. The minimum Gasteiger partial charge on any atom is -0.495 e. The summed E-state index contributed by atoms with van der Waals surface area (Å²) >= 11 is 6.08. The summed E-state index contributed by atoms with van der Waals surface area (Å²) in [4.78, 5) is 20.2. The van der Waals surface area contributed by atoms with Crippen LogP contribution in [-0.2, 0) is 0 Å². The maximum atomic E-state index is 11.9. The van der Waals surface area contributed by atoms with E-state index in [1.165, 1.54) is 12.4 Å². The summed E-state index contributed by atoms with van der Waals surface area (Å²) in [5.41, 5.74) is 2.01. The standard InChI is InChI=1S/C16H19ClN4O2/c1-9(2)20-15(22)11-7-18-16(19-8-11)21-13-5-10(3)12(17)6-14(13)23-4/h5-9H,1-4H3,(H,20,22)(H,18,19,21). The Morgan fingerprint density at radius 3 is 2.48 bits per heavy atom. The van der Waals surface area contributed by atoms with E-state index in [-0.39, 0.29) is 11.9 Å². The highest BCUT2D eigenvalue weighted by atomic mass is 35.5. The highest BCUT2D eigenvalue weighted by Gasteiger charge is 2.11. The fraction of sp³-hybridized carbons (Fsp3) is 0.312. The molecule has 1 aromatic carbocycles. The number of benzene rings is 1. The first-order valence-electron chi connectivity index (χ1n) is 7.14. The average Bonchev–Trinajstić information content (AvgIpc) is 2.50. The molecule has 0 aliphatic carbocycles. The number of ether oxygens (including phenoxy) is 1. The van der Waals surface area contributed by atoms with Gasteiger partial charge in [-0.1, -0.05) is 11.6 Å². The molecule has 2 aromatic rings. The molecule has 2 N–H and O–H groups in total. The van der Waals surface area contributed by atoms with Crippen molar-refractivity contribution in [3.63, 3.8) is 0 Å². The molecule has 0 saturated heterocycles. The minimum atomic E-state index is -0.202. The molecule has 0 spiro atoms. The molecule has 1 amide bonds. The van der Waals surface area contributed by atoms with E-state index in [0.29, 0.717) is 28.0 Å². The molecule has 7 heteroatoms. The lowest BCUT2D eigenvalue weighted by Crippen LogP contribution is -2.30. The highest BCUT2D eigenvalue weighted by Crippen LogP contribution is 2.32. The van der Waals surface area contributed by atoms with Gasteiger partial charge in [0, 0.05) is 29.5 Å². The van der Waals surface area contributed by atoms with E-state index in [1.54, 1.807) is 13.2 Å². The van der Waals surface area contributed by atoms with Crippen LogP contribution in [0.5, 0.6) is 5.75 Å². The van der Waals surface area contributed by atoms with Crippen molar-refractivity contribution in [2.24, 2.45) is 0 Å². The molecule has 0 saturated carbocycles. The van der Waals surface area contributed by atoms with Gasteiger partial charge in [0.2, 0.25) is 5.95 Å². The number of anilines is 2. The zero-order chi connectivity index (χ0) is 17.0. The summed E-state index contributed by atoms with van der Waals surface area (Å²) < 4.78 is 5.29. The highest BCUT2D eigenvalue weighted by molar-refractivity contribution is 6.31. The fourth-order valence-corrected chi connectivity index (χ4v) is 2.06. The largest absolute Gasteiger partial charge is 0.495 e. The molecular formula is C16H19ClN4O2. The van der Waals surface area contributed by atoms with E-state index in [9.17, 15) is 4.79 Å². The van der Waals surface area contributed by atoms with Crippen molar-refractivity contribution < 1.29 is 9.53 Å². The molecule has 122 valence electrons. The van der Waals surface area contributed by atoms with Gasteiger partial charge in [-0.2, -0.15) is 0 Å². The number of nitrogens with zero attached hydrogens (tertiary/aromatic N) is 2. The number of amides is 1. The maximum absolute atomic E-state index is 11.9. The Hall–Kier alpha value is -2.34. The van der Waals surface area contributed by atoms with Gasteiger partial charge in [0.15, 0.2) is 0 Å². The third-order valence-electron chi connectivity index (χ3n) is 3.06. The van der Waals surface area contributed by atoms with Crippen LogP contribution in [0, 0.1) is 6.92 Å². The molecule has 0 fully saturated rings. The van der Waals surface area contributed by atoms with Crippen LogP contribution in [0.25, 0.3) is 0 Å². The summed E-state index contributed by atoms with van der Waals surface area (Å²) in [5, 5.41) is 6.47. The second-order valence-corrected chi connectivity index (χ2v) is 5.76. The van der Waals surface area contributed by atoms with Gasteiger partial charge in [-0.15, -0.1) is 0 Å². The molecule has 0 bridgehead atoms. The first kappa shape index (κ1) is 17.0. The zero-order valence-electron chi connectivity index (χ0n) is 13.5. The quantitative estimate of drug-likeness (QED) is 0.877. The van der Waals surface area contributed by atoms with Crippen LogP contribution in [0.2, 0.25) is 5.02 Å². The lowest BCUT2D eigenvalue weighted by Gasteiger charge is -2.12. The van der Waals surface area contributed by atoms with Crippen LogP contribution in [-0.4, -0.2) is 29.0 Å². The number of nitrogens with one attached hydrogen (secondary N) is 2. The lowest BCUT2D eigenvalue weighted by atomic mass is 10.2. The number of hydrogen-bond acceptors (Lipinski definition) is 5. The molecule has 0 unspecified atom stereocenters. The minimum absolute atomic E-state index is 0.0570. The van der Waals surface area contributed by atoms with Crippen LogP contribution in [0.4, 0.5) is 11.6 Å². The molecule has 6 nitrogen and oxygen atoms in total. The van der Waals surface area contributed by atoms with Gasteiger partial charge in [-0.05, 0) is 32.4 Å². The molecule has 1 heterocycles. The van der Waals surface area contributed by atoms with Crippen LogP contribution in [0.3, 0.4) is 0 Å². The summed E-state index contributed by atoms with van der Waals surface area (Å²) in [7, 11) is 1.56. The Morgan fingerprint density at radius 2 is 1.91 bits per heavy atom. The monoisotopic (exact) mass is 334 g/mol. The number of hydrogen-bond donors (Lipinski definition) is 2. The van der Waals surface area contributed by atoms with Crippen LogP contribution >= 0.6 is 11.6 Å². The van der Waals surface area contributed by atoms with Gasteiger partial charge < -0.3 is 15.4 Å². The number of aryl methyl sites for hydroxylation is 1. The van der Waals surface area contributed by atoms with Gasteiger partial charge in [0.25, 0.3) is 5.91 Å². The van der Waals surface area contributed by atoms with E-state index < -0.39 is 0 Å². The molecule has 1 aromatic heterocycles. The molecule has 0 aliphatic heterocycles. The van der Waals surface area contributed by atoms with Crippen molar-refractivity contribution in [1.29, 1.82) is 0 Å². The predicted octanol–water partition coefficient (Wildman–Crippen LogP) is 3.33. The van der Waals surface area contributed by atoms with E-state index >= 15 is 0 Å². The summed E-state index contributed by atoms with van der Waals surface area (Å²) in [6, 6.07) is 3.63. The fourth-order valence-electron chi connectivity index (χ4n) is 1.91. The third kappa shape index (κ3) is 4.32. The number of aromatic nitrogens is 2. The van der Waals surface area contributed by atoms with E-state index in [4.69, 9.17) is 16.3 Å². The number of rotatable bonds is 5. The summed E-state index contributed by atoms with van der Waals surface area (Å²) in [5.74, 6) is 0.753. The van der Waals surface area contributed by atoms with Crippen molar-refractivity contribution in [3.05, 3.63) is 40.7 Å². The lowest BCUT2D eigenvalue weighted by molar-refractivity contribution is 0.0942. The van der Waals surface area contributed by atoms with Crippen molar-refractivity contribution in [1.82, 2.24) is 15.3 Å². The molecular weight excluding hydrogens is 316 g/mol. The Morgan fingerprint density at radius 1 is 1.26 bits per heavy atom. The molecule has 0 atom stereocenters. The van der Waals surface area contributed by atoms with Crippen LogP contribution in [0.1, 0.15) is 29.8 Å². The third-order valence-corrected chi connectivity index (χ3v) is 3.47. The summed E-state index contributed by atoms with van der Waals surface area (Å²) in [6.07, 6.45) is 2.95. The number of methoxy groups -OCH3 is 1. The van der Waals surface area contributed by atoms with Crippen molar-refractivity contribution in [2.75, 3.05) is 12.4 Å². The first-order valence-corrected chi connectivity index (χ1v) is 7.52. The number of halogens is 1. The predicted molar refractivity (Wildman–Crippen MR) is 90.7 cm³/mol. The average molecular weight is 335 g/mol. The van der Waals surface area contributed by atoms with Crippen LogP contribution < -0.4 is 15.4 Å². The van der Waals surface area contributed by atoms with Crippen LogP contribution in [0.15, 0.2) is 24.5 Å². The van der Waals surface area contributed by atoms with Gasteiger partial charge >= 0.3 is 0 Å². The molecule has 0 radical (unpaired) electrons. The normalized spacial score (nSPS) is 10.5. The smallest absolute Gasteiger partial charge is 0.254 e. The van der Waals surface area contributed by atoms with E-state index in [0.717, 1.165) is 5.56 Å². The Balaban J connectivity index is 2.18. The van der Waals surface area contributed by atoms with E-state index in [1.807, 2.05) is 26.8 Å². The topological polar surface area (TPSA) is 76.1 Å². The molecule has 23 heavy (non-hydrogen) atoms. The van der Waals surface area contributed by atoms with Gasteiger partial charge in [0.05, 0.1) is 18.4 Å². The zero-order valence-corrected chi connectivity index (χ0v) is 14.2. The second kappa shape index (κ2) is 7.28. The summed E-state index contributed by atoms with van der Waals surface area (Å²) in [6.45, 7) is 5.68. The van der Waals surface area contributed by atoms with Gasteiger partial charge in [0.1, 0.15) is 5.75 Å². The molecule has 2 rings (SSSR count). The van der Waals surface area contributed by atoms with Crippen molar-refractivity contribution in [2.45, 2.75) is 26.8 Å². The van der Waals surface area contributed by atoms with E-state index in [2.05, 4.69) is 20.6 Å². The Kier molecular flexibility index (Phi) is 5.39. The van der Waals surface area contributed by atoms with Gasteiger partial charge in [-0.25, -0.2) is 9.97 Å². The number of carbonyl (C=O) groups excluding carboxylic acids is 1. The maximum Gasteiger partial charge on any atom is 0.254 e. The Bertz CT molecular complexity index is 702. The van der Waals surface area contributed by atoms with Crippen molar-refractivity contribution >= 4 is 29.1 Å². The first-order chi connectivity index (χ1) is 10.9. The molecule has 0 aliphatic rings.